The third kappa shape index (κ3) is 0.453. The van der Waals surface area contributed by atoms with Crippen LogP contribution in [0.1, 0.15) is 12.8 Å². The minimum atomic E-state index is -0.0162. The number of aliphatic hydroxyl groups is 1. The maximum atomic E-state index is 9.63. The van der Waals surface area contributed by atoms with Crippen LogP contribution in [0.2, 0.25) is 0 Å². The molecule has 2 heteroatoms. The van der Waals surface area contributed by atoms with E-state index < -0.39 is 0 Å². The fourth-order valence-electron chi connectivity index (χ4n) is 3.10. The van der Waals surface area contributed by atoms with Crippen molar-refractivity contribution in [1.29, 1.82) is 0 Å². The summed E-state index contributed by atoms with van der Waals surface area (Å²) in [5, 5.41) is 9.63. The van der Waals surface area contributed by atoms with Crippen molar-refractivity contribution >= 4 is 0 Å². The van der Waals surface area contributed by atoms with Crippen molar-refractivity contribution in [2.45, 2.75) is 25.0 Å². The smallest absolute Gasteiger partial charge is 0.0635 e. The van der Waals surface area contributed by atoms with Crippen molar-refractivity contribution in [3.05, 3.63) is 0 Å². The van der Waals surface area contributed by atoms with Crippen LogP contribution in [-0.4, -0.2) is 23.9 Å². The third-order valence-corrected chi connectivity index (χ3v) is 3.52. The SMILES string of the molecule is O[C@@H]1[C@@H]2C[C@H]3CO[C@@H](C2)[C@H]31. The maximum absolute atomic E-state index is 9.63. The molecular formula is C8H12O2. The monoisotopic (exact) mass is 140 g/mol. The fraction of sp³-hybridized carbons (Fsp3) is 1.00. The van der Waals surface area contributed by atoms with E-state index in [0.29, 0.717) is 23.9 Å². The summed E-state index contributed by atoms with van der Waals surface area (Å²) in [6.07, 6.45) is 2.77. The van der Waals surface area contributed by atoms with Crippen molar-refractivity contribution < 1.29 is 9.84 Å². The molecule has 56 valence electrons. The van der Waals surface area contributed by atoms with Crippen molar-refractivity contribution in [3.63, 3.8) is 0 Å². The molecule has 2 bridgehead atoms. The predicted molar refractivity (Wildman–Crippen MR) is 35.5 cm³/mol. The number of fused-ring (bicyclic) bond motifs is 1. The highest BCUT2D eigenvalue weighted by Crippen LogP contribution is 2.53. The van der Waals surface area contributed by atoms with Crippen LogP contribution in [0.25, 0.3) is 0 Å². The summed E-state index contributed by atoms with van der Waals surface area (Å²) < 4.78 is 5.54. The van der Waals surface area contributed by atoms with E-state index in [2.05, 4.69) is 0 Å². The first-order chi connectivity index (χ1) is 4.86. The van der Waals surface area contributed by atoms with E-state index in [9.17, 15) is 5.11 Å². The molecule has 3 aliphatic rings. The second-order valence-electron chi connectivity index (χ2n) is 3.93. The van der Waals surface area contributed by atoms with Gasteiger partial charge in [0.2, 0.25) is 0 Å². The van der Waals surface area contributed by atoms with Gasteiger partial charge in [0.05, 0.1) is 18.8 Å². The predicted octanol–water partition coefficient (Wildman–Crippen LogP) is 0.402. The van der Waals surface area contributed by atoms with Gasteiger partial charge in [-0.25, -0.2) is 0 Å². The minimum Gasteiger partial charge on any atom is -0.392 e. The van der Waals surface area contributed by atoms with Crippen LogP contribution in [0.5, 0.6) is 0 Å². The van der Waals surface area contributed by atoms with E-state index in [1.807, 2.05) is 0 Å². The molecule has 2 aliphatic carbocycles. The van der Waals surface area contributed by atoms with Crippen molar-refractivity contribution in [1.82, 2.24) is 0 Å². The van der Waals surface area contributed by atoms with Crippen molar-refractivity contribution in [2.24, 2.45) is 17.8 Å². The molecule has 3 rings (SSSR count). The van der Waals surface area contributed by atoms with E-state index in [1.165, 1.54) is 6.42 Å². The Balaban J connectivity index is 2.01. The minimum absolute atomic E-state index is 0.0162. The van der Waals surface area contributed by atoms with Gasteiger partial charge in [0.25, 0.3) is 0 Å². The molecule has 0 amide bonds. The van der Waals surface area contributed by atoms with E-state index in [0.717, 1.165) is 13.0 Å². The van der Waals surface area contributed by atoms with E-state index in [1.54, 1.807) is 0 Å². The quantitative estimate of drug-likeness (QED) is 0.528. The summed E-state index contributed by atoms with van der Waals surface area (Å²) in [6.45, 7) is 0.920. The summed E-state index contributed by atoms with van der Waals surface area (Å²) in [4.78, 5) is 0. The van der Waals surface area contributed by atoms with Crippen LogP contribution < -0.4 is 0 Å². The lowest BCUT2D eigenvalue weighted by molar-refractivity contribution is 0.0823. The first kappa shape index (κ1) is 5.56. The van der Waals surface area contributed by atoms with Crippen LogP contribution in [0.15, 0.2) is 0 Å². The number of hydrogen-bond acceptors (Lipinski definition) is 2. The molecule has 2 nitrogen and oxygen atoms in total. The first-order valence-electron chi connectivity index (χ1n) is 4.16. The van der Waals surface area contributed by atoms with Gasteiger partial charge in [-0.3, -0.25) is 0 Å². The molecule has 0 unspecified atom stereocenters. The largest absolute Gasteiger partial charge is 0.392 e. The van der Waals surface area contributed by atoms with Crippen LogP contribution in [-0.2, 0) is 4.74 Å². The average Bonchev–Trinajstić information content (AvgIpc) is 2.44. The topological polar surface area (TPSA) is 29.5 Å². The lowest BCUT2D eigenvalue weighted by atomic mass is 9.90. The molecule has 1 aliphatic heterocycles. The molecule has 1 saturated heterocycles. The van der Waals surface area contributed by atoms with Gasteiger partial charge in [0.1, 0.15) is 0 Å². The van der Waals surface area contributed by atoms with Gasteiger partial charge in [-0.2, -0.15) is 0 Å². The Morgan fingerprint density at radius 2 is 2.10 bits per heavy atom. The zero-order chi connectivity index (χ0) is 6.72. The molecule has 2 saturated carbocycles. The Morgan fingerprint density at radius 3 is 2.70 bits per heavy atom. The van der Waals surface area contributed by atoms with E-state index in [-0.39, 0.29) is 6.10 Å². The lowest BCUT2D eigenvalue weighted by Gasteiger charge is -2.13. The van der Waals surface area contributed by atoms with Gasteiger partial charge in [-0.15, -0.1) is 0 Å². The average molecular weight is 140 g/mol. The Hall–Kier alpha value is -0.0800. The molecule has 0 aromatic carbocycles. The zero-order valence-electron chi connectivity index (χ0n) is 5.86. The summed E-state index contributed by atoms with van der Waals surface area (Å²) in [6, 6.07) is 0. The highest BCUT2D eigenvalue weighted by Gasteiger charge is 2.57. The highest BCUT2D eigenvalue weighted by atomic mass is 16.5. The third-order valence-electron chi connectivity index (χ3n) is 3.52. The molecule has 0 spiro atoms. The summed E-state index contributed by atoms with van der Waals surface area (Å²) in [7, 11) is 0. The molecule has 3 fully saturated rings. The van der Waals surface area contributed by atoms with Gasteiger partial charge in [-0.1, -0.05) is 0 Å². The van der Waals surface area contributed by atoms with E-state index in [4.69, 9.17) is 4.74 Å². The summed E-state index contributed by atoms with van der Waals surface area (Å²) in [5.41, 5.74) is 0. The number of aliphatic hydroxyl groups excluding tert-OH is 1. The molecule has 0 radical (unpaired) electrons. The van der Waals surface area contributed by atoms with Gasteiger partial charge < -0.3 is 9.84 Å². The lowest BCUT2D eigenvalue weighted by Crippen LogP contribution is -2.19. The number of hydrogen-bond donors (Lipinski definition) is 1. The van der Waals surface area contributed by atoms with Crippen molar-refractivity contribution in [3.8, 4) is 0 Å². The van der Waals surface area contributed by atoms with Crippen LogP contribution in [0, 0.1) is 17.8 Å². The van der Waals surface area contributed by atoms with Gasteiger partial charge >= 0.3 is 0 Å². The Bertz CT molecular complexity index is 152. The van der Waals surface area contributed by atoms with Gasteiger partial charge in [0, 0.05) is 5.92 Å². The van der Waals surface area contributed by atoms with Crippen molar-refractivity contribution in [2.75, 3.05) is 6.61 Å². The molecule has 5 atom stereocenters. The molecule has 1 heterocycles. The number of ether oxygens (including phenoxy) is 1. The molecule has 0 aromatic heterocycles. The molecule has 1 N–H and O–H groups in total. The van der Waals surface area contributed by atoms with Crippen LogP contribution in [0.3, 0.4) is 0 Å². The van der Waals surface area contributed by atoms with Crippen LogP contribution in [0.4, 0.5) is 0 Å². The fourth-order valence-corrected chi connectivity index (χ4v) is 3.10. The second kappa shape index (κ2) is 1.56. The maximum Gasteiger partial charge on any atom is 0.0635 e. The first-order valence-corrected chi connectivity index (χ1v) is 4.16. The molecule has 0 aromatic rings. The Morgan fingerprint density at radius 1 is 1.20 bits per heavy atom. The number of rotatable bonds is 0. The van der Waals surface area contributed by atoms with E-state index >= 15 is 0 Å². The zero-order valence-corrected chi connectivity index (χ0v) is 5.86. The normalized spacial score (nSPS) is 63.9. The highest BCUT2D eigenvalue weighted by molar-refractivity contribution is 5.05. The Labute approximate surface area is 60.2 Å². The van der Waals surface area contributed by atoms with Gasteiger partial charge in [0.15, 0.2) is 0 Å². The standard InChI is InChI=1S/C8H12O2/c9-8-4-1-5-3-10-6(2-4)7(5)8/h4-9H,1-3H2/t4-,5+,6+,7+,8-/m1/s1. The summed E-state index contributed by atoms with van der Waals surface area (Å²) in [5.74, 6) is 1.81. The summed E-state index contributed by atoms with van der Waals surface area (Å²) >= 11 is 0. The Kier molecular flexibility index (Phi) is 0.868. The molecular weight excluding hydrogens is 128 g/mol. The molecule has 10 heavy (non-hydrogen) atoms. The van der Waals surface area contributed by atoms with Gasteiger partial charge in [-0.05, 0) is 24.7 Å². The van der Waals surface area contributed by atoms with Crippen LogP contribution >= 0.6 is 0 Å². The second-order valence-corrected chi connectivity index (χ2v) is 3.93.